The summed E-state index contributed by atoms with van der Waals surface area (Å²) in [6, 6.07) is 12.3. The predicted octanol–water partition coefficient (Wildman–Crippen LogP) is 3.90. The van der Waals surface area contributed by atoms with Gasteiger partial charge in [-0.1, -0.05) is 31.0 Å². The van der Waals surface area contributed by atoms with Gasteiger partial charge in [0.05, 0.1) is 18.3 Å². The highest BCUT2D eigenvalue weighted by Crippen LogP contribution is 2.20. The first-order valence-corrected chi connectivity index (χ1v) is 8.70. The zero-order valence-electron chi connectivity index (χ0n) is 13.9. The maximum Gasteiger partial charge on any atom is 0.251 e. The Labute approximate surface area is 145 Å². The van der Waals surface area contributed by atoms with Crippen LogP contribution in [-0.2, 0) is 6.54 Å². The maximum atomic E-state index is 13.1. The second kappa shape index (κ2) is 6.67. The Morgan fingerprint density at radius 3 is 2.68 bits per heavy atom. The molecule has 0 saturated heterocycles. The normalized spacial score (nSPS) is 14.9. The molecular formula is C20H20FN3O. The summed E-state index contributed by atoms with van der Waals surface area (Å²) in [6.45, 7) is 0.539. The topological polar surface area (TPSA) is 46.9 Å². The van der Waals surface area contributed by atoms with Crippen LogP contribution in [0.2, 0.25) is 0 Å². The van der Waals surface area contributed by atoms with E-state index in [1.54, 1.807) is 18.3 Å². The van der Waals surface area contributed by atoms with Gasteiger partial charge in [0.15, 0.2) is 0 Å². The van der Waals surface area contributed by atoms with E-state index >= 15 is 0 Å². The molecule has 25 heavy (non-hydrogen) atoms. The molecule has 1 heterocycles. The van der Waals surface area contributed by atoms with E-state index in [1.165, 1.54) is 25.0 Å². The number of fused-ring (bicyclic) bond motifs is 1. The second-order valence-electron chi connectivity index (χ2n) is 6.66. The molecule has 1 aromatic heterocycles. The van der Waals surface area contributed by atoms with Crippen LogP contribution in [0, 0.1) is 5.82 Å². The van der Waals surface area contributed by atoms with Crippen LogP contribution in [0.1, 0.15) is 41.6 Å². The number of nitrogens with zero attached hydrogens (tertiary/aromatic N) is 2. The molecule has 4 rings (SSSR count). The molecular weight excluding hydrogens is 317 g/mol. The van der Waals surface area contributed by atoms with Crippen molar-refractivity contribution in [3.05, 3.63) is 65.6 Å². The Hall–Kier alpha value is -2.69. The predicted molar refractivity (Wildman–Crippen MR) is 95.0 cm³/mol. The first kappa shape index (κ1) is 15.8. The number of carbonyl (C=O) groups excluding carboxylic acids is 1. The third-order valence-electron chi connectivity index (χ3n) is 4.84. The maximum absolute atomic E-state index is 13.1. The smallest absolute Gasteiger partial charge is 0.251 e. The summed E-state index contributed by atoms with van der Waals surface area (Å²) in [5.74, 6) is -0.275. The molecule has 5 heteroatoms. The number of nitrogens with one attached hydrogen (secondary N) is 1. The van der Waals surface area contributed by atoms with Crippen LogP contribution >= 0.6 is 0 Å². The van der Waals surface area contributed by atoms with Crippen LogP contribution in [-0.4, -0.2) is 21.7 Å². The molecule has 0 aliphatic heterocycles. The van der Waals surface area contributed by atoms with Crippen molar-refractivity contribution >= 4 is 16.8 Å². The van der Waals surface area contributed by atoms with Crippen molar-refractivity contribution in [1.82, 2.24) is 15.1 Å². The Kier molecular flexibility index (Phi) is 4.22. The minimum atomic E-state index is -0.250. The van der Waals surface area contributed by atoms with Crippen LogP contribution in [0.25, 0.3) is 10.9 Å². The largest absolute Gasteiger partial charge is 0.349 e. The monoisotopic (exact) mass is 337 g/mol. The SMILES string of the molecule is O=C(NC1CCCC1)c1ccc2cnn(Cc3ccc(F)cc3)c2c1. The molecule has 0 radical (unpaired) electrons. The van der Waals surface area contributed by atoms with Gasteiger partial charge in [0.2, 0.25) is 0 Å². The zero-order chi connectivity index (χ0) is 17.2. The molecule has 3 aromatic rings. The van der Waals surface area contributed by atoms with Crippen LogP contribution in [0.4, 0.5) is 4.39 Å². The molecule has 1 saturated carbocycles. The van der Waals surface area contributed by atoms with Crippen LogP contribution in [0.15, 0.2) is 48.7 Å². The zero-order valence-corrected chi connectivity index (χ0v) is 13.9. The van der Waals surface area contributed by atoms with Gasteiger partial charge in [0.1, 0.15) is 5.82 Å². The molecule has 1 aliphatic rings. The van der Waals surface area contributed by atoms with Gasteiger partial charge in [-0.05, 0) is 42.7 Å². The van der Waals surface area contributed by atoms with Gasteiger partial charge in [-0.2, -0.15) is 5.10 Å². The molecule has 128 valence electrons. The van der Waals surface area contributed by atoms with Gasteiger partial charge in [-0.3, -0.25) is 9.48 Å². The first-order valence-electron chi connectivity index (χ1n) is 8.70. The Morgan fingerprint density at radius 1 is 1.16 bits per heavy atom. The Morgan fingerprint density at radius 2 is 1.92 bits per heavy atom. The number of amides is 1. The average Bonchev–Trinajstić information content (AvgIpc) is 3.26. The molecule has 4 nitrogen and oxygen atoms in total. The second-order valence-corrected chi connectivity index (χ2v) is 6.66. The van der Waals surface area contributed by atoms with E-state index < -0.39 is 0 Å². The fraction of sp³-hybridized carbons (Fsp3) is 0.300. The molecule has 0 spiro atoms. The minimum absolute atomic E-state index is 0.0247. The van der Waals surface area contributed by atoms with E-state index in [1.807, 2.05) is 22.9 Å². The Balaban J connectivity index is 1.58. The van der Waals surface area contributed by atoms with E-state index in [0.29, 0.717) is 18.2 Å². The quantitative estimate of drug-likeness (QED) is 0.785. The molecule has 1 aliphatic carbocycles. The molecule has 1 fully saturated rings. The molecule has 0 atom stereocenters. The van der Waals surface area contributed by atoms with Crippen molar-refractivity contribution in [3.63, 3.8) is 0 Å². The summed E-state index contributed by atoms with van der Waals surface area (Å²) >= 11 is 0. The van der Waals surface area contributed by atoms with Gasteiger partial charge in [0.25, 0.3) is 5.91 Å². The number of aromatic nitrogens is 2. The van der Waals surface area contributed by atoms with Gasteiger partial charge < -0.3 is 5.32 Å². The highest BCUT2D eigenvalue weighted by Gasteiger charge is 2.18. The summed E-state index contributed by atoms with van der Waals surface area (Å²) < 4.78 is 14.9. The highest BCUT2D eigenvalue weighted by molar-refractivity contribution is 5.98. The molecule has 0 unspecified atom stereocenters. The van der Waals surface area contributed by atoms with Crippen LogP contribution in [0.3, 0.4) is 0 Å². The summed E-state index contributed by atoms with van der Waals surface area (Å²) in [5.41, 5.74) is 2.52. The van der Waals surface area contributed by atoms with Crippen LogP contribution in [0.5, 0.6) is 0 Å². The summed E-state index contributed by atoms with van der Waals surface area (Å²) in [5, 5.41) is 8.51. The van der Waals surface area contributed by atoms with Crippen LogP contribution < -0.4 is 5.32 Å². The molecule has 0 bridgehead atoms. The van der Waals surface area contributed by atoms with Gasteiger partial charge >= 0.3 is 0 Å². The first-order chi connectivity index (χ1) is 12.2. The summed E-state index contributed by atoms with van der Waals surface area (Å²) in [6.07, 6.45) is 6.30. The van der Waals surface area contributed by atoms with E-state index in [0.717, 1.165) is 29.3 Å². The number of hydrogen-bond acceptors (Lipinski definition) is 2. The molecule has 2 aromatic carbocycles. The van der Waals surface area contributed by atoms with Crippen molar-refractivity contribution in [3.8, 4) is 0 Å². The third-order valence-corrected chi connectivity index (χ3v) is 4.84. The molecule has 1 N–H and O–H groups in total. The van der Waals surface area contributed by atoms with Crippen molar-refractivity contribution in [1.29, 1.82) is 0 Å². The van der Waals surface area contributed by atoms with Crippen molar-refractivity contribution in [2.75, 3.05) is 0 Å². The minimum Gasteiger partial charge on any atom is -0.349 e. The van der Waals surface area contributed by atoms with E-state index in [2.05, 4.69) is 10.4 Å². The van der Waals surface area contributed by atoms with E-state index in [4.69, 9.17) is 0 Å². The van der Waals surface area contributed by atoms with Gasteiger partial charge in [-0.15, -0.1) is 0 Å². The number of carbonyl (C=O) groups is 1. The highest BCUT2D eigenvalue weighted by atomic mass is 19.1. The third kappa shape index (κ3) is 3.40. The standard InChI is InChI=1S/C20H20FN3O/c21-17-9-5-14(6-10-17)13-24-19-11-15(7-8-16(19)12-22-24)20(25)23-18-3-1-2-4-18/h5-12,18H,1-4,13H2,(H,23,25). The van der Waals surface area contributed by atoms with Crippen molar-refractivity contribution < 1.29 is 9.18 Å². The Bertz CT molecular complexity index is 895. The number of benzene rings is 2. The number of rotatable bonds is 4. The summed E-state index contributed by atoms with van der Waals surface area (Å²) in [4.78, 5) is 12.5. The van der Waals surface area contributed by atoms with Crippen molar-refractivity contribution in [2.24, 2.45) is 0 Å². The summed E-state index contributed by atoms with van der Waals surface area (Å²) in [7, 11) is 0. The lowest BCUT2D eigenvalue weighted by atomic mass is 10.1. The van der Waals surface area contributed by atoms with Gasteiger partial charge in [-0.25, -0.2) is 4.39 Å². The lowest BCUT2D eigenvalue weighted by Gasteiger charge is -2.12. The van der Waals surface area contributed by atoms with E-state index in [-0.39, 0.29) is 11.7 Å². The van der Waals surface area contributed by atoms with E-state index in [9.17, 15) is 9.18 Å². The average molecular weight is 337 g/mol. The van der Waals surface area contributed by atoms with Gasteiger partial charge in [0, 0.05) is 17.0 Å². The lowest BCUT2D eigenvalue weighted by Crippen LogP contribution is -2.32. The molecule has 1 amide bonds. The fourth-order valence-corrected chi connectivity index (χ4v) is 3.44. The lowest BCUT2D eigenvalue weighted by molar-refractivity contribution is 0.0938. The van der Waals surface area contributed by atoms with Crippen molar-refractivity contribution in [2.45, 2.75) is 38.3 Å². The fourth-order valence-electron chi connectivity index (χ4n) is 3.44. The number of hydrogen-bond donors (Lipinski definition) is 1. The number of halogens is 1.